The molecule has 0 heterocycles. The molecule has 0 fully saturated rings. The van der Waals surface area contributed by atoms with Crippen LogP contribution in [-0.2, 0) is 0 Å². The summed E-state index contributed by atoms with van der Waals surface area (Å²) in [6.07, 6.45) is 0. The topological polar surface area (TPSA) is 31.5 Å². The van der Waals surface area contributed by atoms with Gasteiger partial charge in [-0.15, -0.1) is 0 Å². The van der Waals surface area contributed by atoms with Crippen molar-refractivity contribution >= 4 is 0 Å². The molecular formula is H2CeOPuU. The van der Waals surface area contributed by atoms with Gasteiger partial charge in [-0.25, -0.2) is 0 Å². The summed E-state index contributed by atoms with van der Waals surface area (Å²) >= 11 is 0. The molecule has 0 aromatic carbocycles. The summed E-state index contributed by atoms with van der Waals surface area (Å²) in [5, 5.41) is 0. The average molecular weight is 640 g/mol. The van der Waals surface area contributed by atoms with E-state index >= 15 is 0 Å². The van der Waals surface area contributed by atoms with Crippen molar-refractivity contribution < 1.29 is 108 Å². The van der Waals surface area contributed by atoms with Gasteiger partial charge >= 0.3 is 0 Å². The van der Waals surface area contributed by atoms with Gasteiger partial charge in [0, 0.05) is 102 Å². The van der Waals surface area contributed by atoms with Gasteiger partial charge in [-0.05, 0) is 0 Å². The Labute approximate surface area is 105 Å². The molecule has 0 unspecified atom stereocenters. The number of hydrogen-bond donors (Lipinski definition) is 0. The third-order valence-electron chi connectivity index (χ3n) is 0. The van der Waals surface area contributed by atoms with Crippen molar-refractivity contribution in [1.29, 1.82) is 0 Å². The van der Waals surface area contributed by atoms with Crippen LogP contribution in [0.1, 0.15) is 0 Å². The first-order chi connectivity index (χ1) is 0. The summed E-state index contributed by atoms with van der Waals surface area (Å²) in [5.74, 6) is 0. The van der Waals surface area contributed by atoms with E-state index in [1.807, 2.05) is 0 Å². The van der Waals surface area contributed by atoms with E-state index in [0.717, 1.165) is 0 Å². The van der Waals surface area contributed by atoms with Crippen LogP contribution in [0.2, 0.25) is 0 Å². The maximum atomic E-state index is 0. The Morgan fingerprint density at radius 3 is 1.00 bits per heavy atom. The molecule has 0 radical (unpaired) electrons. The first-order valence-electron chi connectivity index (χ1n) is 0. The van der Waals surface area contributed by atoms with Crippen molar-refractivity contribution in [3.63, 3.8) is 0 Å². The molecule has 0 rings (SSSR count). The third-order valence-corrected chi connectivity index (χ3v) is 0. The summed E-state index contributed by atoms with van der Waals surface area (Å²) in [5.41, 5.74) is 0. The summed E-state index contributed by atoms with van der Waals surface area (Å²) in [7, 11) is 0. The second-order valence-corrected chi connectivity index (χ2v) is 0. The SMILES string of the molecule is O.[Ce].[Pu].[U]. The molecule has 0 aliphatic heterocycles. The normalized spacial score (nSPS) is 0. The largest absolute Gasteiger partial charge is 0.412 e. The van der Waals surface area contributed by atoms with Crippen LogP contribution in [0, 0.1) is 102 Å². The van der Waals surface area contributed by atoms with Crippen molar-refractivity contribution in [2.75, 3.05) is 0 Å². The summed E-state index contributed by atoms with van der Waals surface area (Å²) in [6.45, 7) is 0. The van der Waals surface area contributed by atoms with Gasteiger partial charge in [-0.2, -0.15) is 0 Å². The van der Waals surface area contributed by atoms with Crippen LogP contribution in [0.25, 0.3) is 0 Å². The van der Waals surface area contributed by atoms with Gasteiger partial charge in [0.05, 0.1) is 0 Å². The number of rotatable bonds is 0. The summed E-state index contributed by atoms with van der Waals surface area (Å²) in [6, 6.07) is 0. The minimum absolute atomic E-state index is 0. The molecule has 0 aromatic rings. The van der Waals surface area contributed by atoms with E-state index in [0.29, 0.717) is 0 Å². The van der Waals surface area contributed by atoms with Gasteiger partial charge in [0.25, 0.3) is 0 Å². The minimum atomic E-state index is 0. The van der Waals surface area contributed by atoms with Crippen LogP contribution in [0.5, 0.6) is 0 Å². The average Bonchev–Trinajstić information content (AvgIpc) is 0. The van der Waals surface area contributed by atoms with Gasteiger partial charge < -0.3 is 5.48 Å². The second-order valence-electron chi connectivity index (χ2n) is 0. The van der Waals surface area contributed by atoms with Crippen LogP contribution < -0.4 is 0 Å². The molecule has 0 atom stereocenters. The van der Waals surface area contributed by atoms with Gasteiger partial charge in [0.1, 0.15) is 0 Å². The Morgan fingerprint density at radius 1 is 1.00 bits per heavy atom. The smallest absolute Gasteiger partial charge is 0 e. The molecule has 0 bridgehead atoms. The first kappa shape index (κ1) is 26.3. The maximum absolute atomic E-state index is 0. The first-order valence-corrected chi connectivity index (χ1v) is 0. The predicted octanol–water partition coefficient (Wildman–Crippen LogP) is -0.825. The van der Waals surface area contributed by atoms with Gasteiger partial charge in [-0.1, -0.05) is 0 Å². The van der Waals surface area contributed by atoms with E-state index < -0.39 is 0 Å². The minimum Gasteiger partial charge on any atom is -0.412 e. The van der Waals surface area contributed by atoms with E-state index in [-0.39, 0.29) is 108 Å². The monoisotopic (exact) mass is 634 g/mol. The Kier molecular flexibility index (Phi) is 106. The molecule has 2 N–H and O–H groups in total. The molecule has 4 heavy (non-hydrogen) atoms. The molecule has 0 aromatic heterocycles. The fourth-order valence-corrected chi connectivity index (χ4v) is 0. The Bertz CT molecular complexity index is 8.00. The van der Waals surface area contributed by atoms with Crippen LogP contribution >= 0.6 is 0 Å². The van der Waals surface area contributed by atoms with E-state index in [1.54, 1.807) is 0 Å². The standard InChI is InChI=1S/Ce.H2O.Pu.U/h;1H2;;. The van der Waals surface area contributed by atoms with Crippen molar-refractivity contribution in [3.05, 3.63) is 0 Å². The van der Waals surface area contributed by atoms with Crippen LogP contribution in [0.15, 0.2) is 0 Å². The predicted molar refractivity (Wildman–Crippen MR) is 3.61 cm³/mol. The van der Waals surface area contributed by atoms with Gasteiger partial charge in [-0.3, -0.25) is 0 Å². The second kappa shape index (κ2) is 16.2. The quantitative estimate of drug-likeness (QED) is 0.332. The zero-order valence-electron chi connectivity index (χ0n) is 1.91. The molecule has 0 saturated carbocycles. The molecule has 0 amide bonds. The summed E-state index contributed by atoms with van der Waals surface area (Å²) < 4.78 is 0. The molecule has 1 nitrogen and oxygen atoms in total. The molecule has 0 aliphatic carbocycles. The molecule has 0 saturated heterocycles. The van der Waals surface area contributed by atoms with Crippen molar-refractivity contribution in [2.45, 2.75) is 0 Å². The molecule has 0 spiro atoms. The van der Waals surface area contributed by atoms with E-state index in [2.05, 4.69) is 0 Å². The van der Waals surface area contributed by atoms with E-state index in [9.17, 15) is 0 Å². The molecule has 22 valence electrons. The summed E-state index contributed by atoms with van der Waals surface area (Å²) in [4.78, 5) is 0. The van der Waals surface area contributed by atoms with Crippen LogP contribution in [0.3, 0.4) is 0 Å². The maximum Gasteiger partial charge on any atom is 0 e. The zero-order valence-corrected chi connectivity index (χ0v) is 12.6. The Morgan fingerprint density at radius 2 is 1.00 bits per heavy atom. The van der Waals surface area contributed by atoms with Crippen molar-refractivity contribution in [1.82, 2.24) is 0 Å². The van der Waals surface area contributed by atoms with Gasteiger partial charge in [0.2, 0.25) is 0 Å². The van der Waals surface area contributed by atoms with E-state index in [4.69, 9.17) is 0 Å². The number of hydrogen-bond acceptors (Lipinski definition) is 0. The van der Waals surface area contributed by atoms with Crippen molar-refractivity contribution in [3.8, 4) is 0 Å². The van der Waals surface area contributed by atoms with E-state index in [1.165, 1.54) is 0 Å². The third kappa shape index (κ3) is 9.03. The fourth-order valence-electron chi connectivity index (χ4n) is 0. The van der Waals surface area contributed by atoms with Crippen molar-refractivity contribution in [2.24, 2.45) is 0 Å². The zero-order chi connectivity index (χ0) is 0. The molecule has 4 heteroatoms. The Hall–Kier alpha value is 3.38. The van der Waals surface area contributed by atoms with Crippen LogP contribution in [0.4, 0.5) is 0 Å². The fraction of sp³-hybridized carbons (Fsp3) is 0. The molecular weight excluding hydrogens is 638 g/mol. The van der Waals surface area contributed by atoms with Gasteiger partial charge in [0.15, 0.2) is 0 Å². The van der Waals surface area contributed by atoms with Crippen LogP contribution in [-0.4, -0.2) is 5.48 Å². The molecule has 0 aliphatic rings. The Balaban J connectivity index is 0.